The van der Waals surface area contributed by atoms with Crippen LogP contribution in [0.1, 0.15) is 31.7 Å². The van der Waals surface area contributed by atoms with Crippen LogP contribution >= 0.6 is 0 Å². The van der Waals surface area contributed by atoms with Crippen LogP contribution in [0.3, 0.4) is 0 Å². The van der Waals surface area contributed by atoms with Crippen LogP contribution in [0.25, 0.3) is 0 Å². The molecule has 3 N–H and O–H groups in total. The van der Waals surface area contributed by atoms with E-state index in [2.05, 4.69) is 4.72 Å². The molecule has 0 amide bonds. The Balaban J connectivity index is 1.67. The normalized spacial score (nSPS) is 35.8. The Morgan fingerprint density at radius 1 is 1.27 bits per heavy atom. The van der Waals surface area contributed by atoms with E-state index in [1.54, 1.807) is 19.1 Å². The molecule has 0 bridgehead atoms. The molecule has 1 aromatic rings. The van der Waals surface area contributed by atoms with Crippen LogP contribution < -0.4 is 4.72 Å². The fraction of sp³-hybridized carbons (Fsp3) is 0.500. The number of aliphatic hydroxyl groups excluding tert-OH is 1. The predicted octanol–water partition coefficient (Wildman–Crippen LogP) is 0.612. The lowest BCUT2D eigenvalue weighted by Crippen LogP contribution is -2.54. The highest BCUT2D eigenvalue weighted by Gasteiger charge is 2.64. The molecular formula is C18H21NO6S. The molecule has 1 aromatic carbocycles. The van der Waals surface area contributed by atoms with Gasteiger partial charge in [-0.05, 0) is 49.8 Å². The maximum atomic E-state index is 12.8. The van der Waals surface area contributed by atoms with Crippen LogP contribution in [0.4, 0.5) is 0 Å². The number of benzene rings is 1. The van der Waals surface area contributed by atoms with Crippen LogP contribution in [0, 0.1) is 5.92 Å². The average molecular weight is 379 g/mol. The molecule has 2 aliphatic carbocycles. The summed E-state index contributed by atoms with van der Waals surface area (Å²) in [5.41, 5.74) is -1.52. The van der Waals surface area contributed by atoms with Gasteiger partial charge in [0.25, 0.3) is 0 Å². The first kappa shape index (κ1) is 17.7. The fourth-order valence-electron chi connectivity index (χ4n) is 4.49. The molecule has 1 aliphatic heterocycles. The first-order valence-corrected chi connectivity index (χ1v) is 10.1. The standard InChI is InChI=1S/C18H21NO6S/c1-17(19-26(23,24)13-5-2-11(10-20)3-6-13)8-12-4-7-15-18(12,22)14(9-17)16(21)25-15/h2-3,5-6,9,12,15,19-20,22H,4,7-8,10H2,1H3/t12?,15-,17-,18+/m1/s1. The zero-order chi connectivity index (χ0) is 18.7. The fourth-order valence-corrected chi connectivity index (χ4v) is 5.85. The highest BCUT2D eigenvalue weighted by atomic mass is 32.2. The number of hydrogen-bond donors (Lipinski definition) is 3. The van der Waals surface area contributed by atoms with E-state index < -0.39 is 33.2 Å². The Morgan fingerprint density at radius 3 is 2.62 bits per heavy atom. The SMILES string of the molecule is C[C@]1(NS(=O)(=O)c2ccc(CO)cc2)C=C2C(=O)O[C@@H]3CCC(C1)[C@]23O. The third kappa shape index (κ3) is 2.51. The van der Waals surface area contributed by atoms with Crippen LogP contribution in [0.5, 0.6) is 0 Å². The van der Waals surface area contributed by atoms with Gasteiger partial charge in [0.2, 0.25) is 10.0 Å². The van der Waals surface area contributed by atoms with E-state index in [1.165, 1.54) is 18.2 Å². The van der Waals surface area contributed by atoms with E-state index in [9.17, 15) is 18.3 Å². The van der Waals surface area contributed by atoms with Gasteiger partial charge < -0.3 is 14.9 Å². The second kappa shape index (κ2) is 5.63. The summed E-state index contributed by atoms with van der Waals surface area (Å²) in [7, 11) is -3.84. The number of carbonyl (C=O) groups excluding carboxylic acids is 1. The third-order valence-corrected chi connectivity index (χ3v) is 7.34. The smallest absolute Gasteiger partial charge is 0.337 e. The second-order valence-corrected chi connectivity index (χ2v) is 9.26. The maximum absolute atomic E-state index is 12.8. The minimum atomic E-state index is -3.84. The number of esters is 1. The van der Waals surface area contributed by atoms with Crippen molar-refractivity contribution in [3.05, 3.63) is 41.5 Å². The number of nitrogens with one attached hydrogen (secondary N) is 1. The molecular weight excluding hydrogens is 358 g/mol. The van der Waals surface area contributed by atoms with Gasteiger partial charge >= 0.3 is 5.97 Å². The minimum Gasteiger partial charge on any atom is -0.455 e. The van der Waals surface area contributed by atoms with E-state index in [4.69, 9.17) is 9.84 Å². The molecule has 1 unspecified atom stereocenters. The molecule has 1 heterocycles. The van der Waals surface area contributed by atoms with Gasteiger partial charge in [-0.1, -0.05) is 18.2 Å². The van der Waals surface area contributed by atoms with Gasteiger partial charge in [-0.15, -0.1) is 0 Å². The van der Waals surface area contributed by atoms with E-state index in [0.29, 0.717) is 24.8 Å². The van der Waals surface area contributed by atoms with Crippen molar-refractivity contribution >= 4 is 16.0 Å². The summed E-state index contributed by atoms with van der Waals surface area (Å²) in [4.78, 5) is 12.2. The average Bonchev–Trinajstić information content (AvgIpc) is 3.02. The first-order valence-electron chi connectivity index (χ1n) is 8.58. The molecule has 2 fully saturated rings. The van der Waals surface area contributed by atoms with E-state index in [0.717, 1.165) is 0 Å². The predicted molar refractivity (Wildman–Crippen MR) is 91.3 cm³/mol. The molecule has 4 atom stereocenters. The van der Waals surface area contributed by atoms with Crippen molar-refractivity contribution in [2.45, 2.75) is 54.9 Å². The Bertz CT molecular complexity index is 893. The zero-order valence-electron chi connectivity index (χ0n) is 14.3. The van der Waals surface area contributed by atoms with Gasteiger partial charge in [0, 0.05) is 5.54 Å². The van der Waals surface area contributed by atoms with Crippen LogP contribution in [-0.2, 0) is 26.2 Å². The largest absolute Gasteiger partial charge is 0.455 e. The molecule has 140 valence electrons. The lowest BCUT2D eigenvalue weighted by molar-refractivity contribution is -0.140. The number of carbonyl (C=O) groups is 1. The van der Waals surface area contributed by atoms with E-state index in [1.807, 2.05) is 0 Å². The number of hydrogen-bond acceptors (Lipinski definition) is 6. The van der Waals surface area contributed by atoms with E-state index >= 15 is 0 Å². The van der Waals surface area contributed by atoms with Crippen molar-refractivity contribution in [2.75, 3.05) is 0 Å². The summed E-state index contributed by atoms with van der Waals surface area (Å²) >= 11 is 0. The monoisotopic (exact) mass is 379 g/mol. The van der Waals surface area contributed by atoms with Crippen molar-refractivity contribution < 1.29 is 28.2 Å². The van der Waals surface area contributed by atoms with Gasteiger partial charge in [0.05, 0.1) is 17.1 Å². The number of rotatable bonds is 4. The minimum absolute atomic E-state index is 0.0773. The highest BCUT2D eigenvalue weighted by molar-refractivity contribution is 7.89. The Labute approximate surface area is 151 Å². The first-order chi connectivity index (χ1) is 12.2. The highest BCUT2D eigenvalue weighted by Crippen LogP contribution is 2.53. The molecule has 4 rings (SSSR count). The van der Waals surface area contributed by atoms with Crippen molar-refractivity contribution in [3.63, 3.8) is 0 Å². The summed E-state index contributed by atoms with van der Waals surface area (Å²) in [6.45, 7) is 1.54. The number of aliphatic hydroxyl groups is 2. The molecule has 1 saturated heterocycles. The summed E-state index contributed by atoms with van der Waals surface area (Å²) in [6.07, 6.45) is 2.62. The van der Waals surface area contributed by atoms with Crippen LogP contribution in [-0.4, -0.2) is 41.8 Å². The molecule has 8 heteroatoms. The van der Waals surface area contributed by atoms with Crippen LogP contribution in [0.2, 0.25) is 0 Å². The Hall–Kier alpha value is -1.74. The Morgan fingerprint density at radius 2 is 1.96 bits per heavy atom. The topological polar surface area (TPSA) is 113 Å². The Kier molecular flexibility index (Phi) is 3.82. The van der Waals surface area contributed by atoms with Crippen molar-refractivity contribution in [1.29, 1.82) is 0 Å². The molecule has 3 aliphatic rings. The summed E-state index contributed by atoms with van der Waals surface area (Å²) in [5, 5.41) is 20.1. The third-order valence-electron chi connectivity index (χ3n) is 5.71. The summed E-state index contributed by atoms with van der Waals surface area (Å²) < 4.78 is 33.5. The van der Waals surface area contributed by atoms with Crippen molar-refractivity contribution in [3.8, 4) is 0 Å². The quantitative estimate of drug-likeness (QED) is 0.661. The molecule has 1 saturated carbocycles. The molecule has 0 radical (unpaired) electrons. The van der Waals surface area contributed by atoms with Gasteiger partial charge in [-0.3, -0.25) is 0 Å². The lowest BCUT2D eigenvalue weighted by Gasteiger charge is -2.40. The molecule has 0 aromatic heterocycles. The molecule has 26 heavy (non-hydrogen) atoms. The summed E-state index contributed by atoms with van der Waals surface area (Å²) in [6, 6.07) is 5.95. The van der Waals surface area contributed by atoms with Gasteiger partial charge in [0.15, 0.2) is 0 Å². The number of sulfonamides is 1. The zero-order valence-corrected chi connectivity index (χ0v) is 15.1. The van der Waals surface area contributed by atoms with Gasteiger partial charge in [-0.2, -0.15) is 0 Å². The van der Waals surface area contributed by atoms with Crippen molar-refractivity contribution in [1.82, 2.24) is 4.72 Å². The van der Waals surface area contributed by atoms with Gasteiger partial charge in [-0.25, -0.2) is 17.9 Å². The van der Waals surface area contributed by atoms with E-state index in [-0.39, 0.29) is 23.0 Å². The van der Waals surface area contributed by atoms with Crippen molar-refractivity contribution in [2.24, 2.45) is 5.92 Å². The summed E-state index contributed by atoms with van der Waals surface area (Å²) in [5.74, 6) is -0.803. The van der Waals surface area contributed by atoms with Crippen LogP contribution in [0.15, 0.2) is 40.8 Å². The molecule has 7 nitrogen and oxygen atoms in total. The number of ether oxygens (including phenoxy) is 1. The van der Waals surface area contributed by atoms with Gasteiger partial charge in [0.1, 0.15) is 11.7 Å². The second-order valence-electron chi connectivity index (χ2n) is 7.58. The maximum Gasteiger partial charge on any atom is 0.337 e. The molecule has 0 spiro atoms. The lowest BCUT2D eigenvalue weighted by atomic mass is 9.71.